The molecule has 0 aromatic carbocycles. The van der Waals surface area contributed by atoms with Crippen LogP contribution in [0.1, 0.15) is 17.8 Å². The van der Waals surface area contributed by atoms with Gasteiger partial charge in [0, 0.05) is 16.8 Å². The molecule has 3 rings (SSSR count). The van der Waals surface area contributed by atoms with Gasteiger partial charge in [-0.3, -0.25) is 14.8 Å². The first-order valence-corrected chi connectivity index (χ1v) is 6.80. The van der Waals surface area contributed by atoms with Crippen molar-refractivity contribution in [3.63, 3.8) is 0 Å². The number of hydrogen-bond donors (Lipinski definition) is 0. The monoisotopic (exact) mass is 259 g/mol. The lowest BCUT2D eigenvalue weighted by Gasteiger charge is -2.21. The van der Waals surface area contributed by atoms with E-state index in [1.54, 1.807) is 30.2 Å². The minimum Gasteiger partial charge on any atom is -0.358 e. The average Bonchev–Trinajstić information content (AvgIpc) is 2.75. The fourth-order valence-electron chi connectivity index (χ4n) is 2.04. The molecule has 0 radical (unpaired) electrons. The first-order valence-electron chi connectivity index (χ1n) is 5.82. The molecule has 0 N–H and O–H groups in total. The minimum atomic E-state index is 0.177. The maximum Gasteiger partial charge on any atom is 0.161 e. The lowest BCUT2D eigenvalue weighted by Crippen LogP contribution is -2.21. The standard InChI is InChI=1S/C13H13N3OS/c1-9-5-15-10(6-14-9)7-16-8-18-13-3-2-11(17)4-12(13)16/h2-3,5-6H,4,7-8H2,1H3. The van der Waals surface area contributed by atoms with Crippen LogP contribution in [0.15, 0.2) is 35.1 Å². The molecule has 0 saturated carbocycles. The van der Waals surface area contributed by atoms with Crippen molar-refractivity contribution in [3.8, 4) is 0 Å². The third-order valence-corrected chi connectivity index (χ3v) is 4.12. The zero-order valence-electron chi connectivity index (χ0n) is 10.1. The van der Waals surface area contributed by atoms with Gasteiger partial charge in [-0.1, -0.05) is 0 Å². The van der Waals surface area contributed by atoms with Crippen LogP contribution < -0.4 is 0 Å². The van der Waals surface area contributed by atoms with Crippen molar-refractivity contribution < 1.29 is 4.79 Å². The van der Waals surface area contributed by atoms with Gasteiger partial charge in [0.25, 0.3) is 0 Å². The summed E-state index contributed by atoms with van der Waals surface area (Å²) in [5.74, 6) is 1.06. The van der Waals surface area contributed by atoms with E-state index in [9.17, 15) is 4.79 Å². The number of aryl methyl sites for hydroxylation is 1. The van der Waals surface area contributed by atoms with Crippen molar-refractivity contribution in [1.82, 2.24) is 14.9 Å². The number of ketones is 1. The summed E-state index contributed by atoms with van der Waals surface area (Å²) in [4.78, 5) is 23.5. The number of carbonyl (C=O) groups excluding carboxylic acids is 1. The molecule has 1 aromatic rings. The highest BCUT2D eigenvalue weighted by atomic mass is 32.2. The summed E-state index contributed by atoms with van der Waals surface area (Å²) in [7, 11) is 0. The van der Waals surface area contributed by atoms with E-state index in [4.69, 9.17) is 0 Å². The lowest BCUT2D eigenvalue weighted by molar-refractivity contribution is -0.114. The zero-order chi connectivity index (χ0) is 12.5. The first kappa shape index (κ1) is 11.5. The minimum absolute atomic E-state index is 0.177. The Morgan fingerprint density at radius 3 is 3.00 bits per heavy atom. The van der Waals surface area contributed by atoms with Crippen molar-refractivity contribution in [3.05, 3.63) is 46.5 Å². The normalized spacial score (nSPS) is 18.5. The van der Waals surface area contributed by atoms with Crippen LogP contribution in [0.3, 0.4) is 0 Å². The van der Waals surface area contributed by atoms with Crippen LogP contribution in [0.5, 0.6) is 0 Å². The van der Waals surface area contributed by atoms with Gasteiger partial charge in [0.15, 0.2) is 5.78 Å². The molecule has 1 aromatic heterocycles. The molecule has 0 fully saturated rings. The van der Waals surface area contributed by atoms with Gasteiger partial charge in [0.2, 0.25) is 0 Å². The molecule has 1 aliphatic carbocycles. The Balaban J connectivity index is 1.78. The van der Waals surface area contributed by atoms with Crippen LogP contribution >= 0.6 is 11.8 Å². The second kappa shape index (κ2) is 4.57. The van der Waals surface area contributed by atoms with Crippen LogP contribution in [-0.2, 0) is 11.3 Å². The van der Waals surface area contributed by atoms with Gasteiger partial charge in [0.1, 0.15) is 0 Å². The van der Waals surface area contributed by atoms with Gasteiger partial charge in [0.05, 0.1) is 36.4 Å². The fourth-order valence-corrected chi connectivity index (χ4v) is 3.11. The van der Waals surface area contributed by atoms with E-state index in [0.29, 0.717) is 6.42 Å². The highest BCUT2D eigenvalue weighted by Gasteiger charge is 2.26. The highest BCUT2D eigenvalue weighted by Crippen LogP contribution is 2.37. The molecule has 0 unspecified atom stereocenters. The summed E-state index contributed by atoms with van der Waals surface area (Å²) in [6.45, 7) is 2.65. The Labute approximate surface area is 110 Å². The molecule has 0 atom stereocenters. The van der Waals surface area contributed by atoms with Crippen LogP contribution in [-0.4, -0.2) is 26.5 Å². The molecule has 18 heavy (non-hydrogen) atoms. The van der Waals surface area contributed by atoms with Gasteiger partial charge < -0.3 is 4.90 Å². The van der Waals surface area contributed by atoms with E-state index in [0.717, 1.165) is 29.5 Å². The molecular weight excluding hydrogens is 246 g/mol. The van der Waals surface area contributed by atoms with Gasteiger partial charge in [-0.25, -0.2) is 0 Å². The van der Waals surface area contributed by atoms with E-state index >= 15 is 0 Å². The first-order chi connectivity index (χ1) is 8.72. The lowest BCUT2D eigenvalue weighted by atomic mass is 10.1. The molecule has 0 spiro atoms. The second-order valence-electron chi connectivity index (χ2n) is 4.41. The Hall–Kier alpha value is -1.62. The van der Waals surface area contributed by atoms with Crippen LogP contribution in [0, 0.1) is 6.92 Å². The SMILES string of the molecule is Cc1cnc(CN2CSC3=C2CC(=O)C=C3)cn1. The maximum atomic E-state index is 11.5. The summed E-state index contributed by atoms with van der Waals surface area (Å²) >= 11 is 1.78. The zero-order valence-corrected chi connectivity index (χ0v) is 10.9. The quantitative estimate of drug-likeness (QED) is 0.813. The van der Waals surface area contributed by atoms with E-state index in [2.05, 4.69) is 14.9 Å². The number of carbonyl (C=O) groups is 1. The van der Waals surface area contributed by atoms with Crippen molar-refractivity contribution in [1.29, 1.82) is 0 Å². The number of rotatable bonds is 2. The molecular formula is C13H13N3OS. The Morgan fingerprint density at radius 2 is 2.22 bits per heavy atom. The molecule has 92 valence electrons. The van der Waals surface area contributed by atoms with E-state index in [1.165, 1.54) is 4.91 Å². The van der Waals surface area contributed by atoms with Crippen LogP contribution in [0.2, 0.25) is 0 Å². The van der Waals surface area contributed by atoms with Crippen molar-refractivity contribution >= 4 is 17.5 Å². The van der Waals surface area contributed by atoms with Gasteiger partial charge in [-0.05, 0) is 19.1 Å². The maximum absolute atomic E-state index is 11.5. The predicted octanol–water partition coefficient (Wildman–Crippen LogP) is 2.03. The van der Waals surface area contributed by atoms with Crippen molar-refractivity contribution in [2.45, 2.75) is 19.9 Å². The number of nitrogens with zero attached hydrogens (tertiary/aromatic N) is 3. The molecule has 2 heterocycles. The molecule has 5 heteroatoms. The second-order valence-corrected chi connectivity index (χ2v) is 5.39. The number of aromatic nitrogens is 2. The van der Waals surface area contributed by atoms with Gasteiger partial charge in [-0.2, -0.15) is 0 Å². The predicted molar refractivity (Wildman–Crippen MR) is 70.6 cm³/mol. The van der Waals surface area contributed by atoms with Gasteiger partial charge >= 0.3 is 0 Å². The molecule has 0 saturated heterocycles. The van der Waals surface area contributed by atoms with E-state index in [1.807, 2.05) is 13.0 Å². The number of hydrogen-bond acceptors (Lipinski definition) is 5. The number of thioether (sulfide) groups is 1. The van der Waals surface area contributed by atoms with Crippen molar-refractivity contribution in [2.24, 2.45) is 0 Å². The molecule has 4 nitrogen and oxygen atoms in total. The average molecular weight is 259 g/mol. The van der Waals surface area contributed by atoms with Gasteiger partial charge in [-0.15, -0.1) is 11.8 Å². The fraction of sp³-hybridized carbons (Fsp3) is 0.308. The summed E-state index contributed by atoms with van der Waals surface area (Å²) < 4.78 is 0. The van der Waals surface area contributed by atoms with E-state index < -0.39 is 0 Å². The van der Waals surface area contributed by atoms with Crippen LogP contribution in [0.25, 0.3) is 0 Å². The van der Waals surface area contributed by atoms with Crippen LogP contribution in [0.4, 0.5) is 0 Å². The van der Waals surface area contributed by atoms with E-state index in [-0.39, 0.29) is 5.78 Å². The highest BCUT2D eigenvalue weighted by molar-refractivity contribution is 8.03. The third-order valence-electron chi connectivity index (χ3n) is 2.99. The molecule has 1 aliphatic heterocycles. The summed E-state index contributed by atoms with van der Waals surface area (Å²) in [5, 5.41) is 0. The Morgan fingerprint density at radius 1 is 1.33 bits per heavy atom. The molecule has 2 aliphatic rings. The Kier molecular flexibility index (Phi) is 2.91. The number of allylic oxidation sites excluding steroid dienone is 3. The topological polar surface area (TPSA) is 46.1 Å². The van der Waals surface area contributed by atoms with Crippen molar-refractivity contribution in [2.75, 3.05) is 5.88 Å². The smallest absolute Gasteiger partial charge is 0.161 e. The summed E-state index contributed by atoms with van der Waals surface area (Å²) in [6.07, 6.45) is 7.69. The third kappa shape index (κ3) is 2.18. The summed E-state index contributed by atoms with van der Waals surface area (Å²) in [6, 6.07) is 0. The summed E-state index contributed by atoms with van der Waals surface area (Å²) in [5.41, 5.74) is 3.00. The molecule has 0 amide bonds. The largest absolute Gasteiger partial charge is 0.358 e. The Bertz CT molecular complexity index is 548. The molecule has 0 bridgehead atoms.